The number of hydrogen-bond acceptors (Lipinski definition) is 4. The zero-order valence-electron chi connectivity index (χ0n) is 12.9. The summed E-state index contributed by atoms with van der Waals surface area (Å²) in [4.78, 5) is 12.0. The van der Waals surface area contributed by atoms with Crippen LogP contribution in [0.5, 0.6) is 0 Å². The number of amides is 1. The molecule has 0 radical (unpaired) electrons. The number of nitrogens with one attached hydrogen (secondary N) is 1. The number of rotatable bonds is 5. The number of hydrogen-bond donors (Lipinski definition) is 1. The SMILES string of the molecule is Cc1ccc(/C=N/NC(=O)c2ccn(Cc3ccccc3F)n2)o1. The minimum absolute atomic E-state index is 0.194. The van der Waals surface area contributed by atoms with Gasteiger partial charge in [-0.1, -0.05) is 18.2 Å². The number of aromatic nitrogens is 2. The van der Waals surface area contributed by atoms with Gasteiger partial charge in [0.25, 0.3) is 5.91 Å². The molecule has 122 valence electrons. The lowest BCUT2D eigenvalue weighted by atomic mass is 10.2. The molecule has 0 atom stereocenters. The van der Waals surface area contributed by atoms with Crippen LogP contribution in [0.25, 0.3) is 0 Å². The van der Waals surface area contributed by atoms with Crippen molar-refractivity contribution < 1.29 is 13.6 Å². The standard InChI is InChI=1S/C17H15FN4O2/c1-12-6-7-14(24-12)10-19-20-17(23)16-8-9-22(21-16)11-13-4-2-3-5-15(13)18/h2-10H,11H2,1H3,(H,20,23)/b19-10+. The van der Waals surface area contributed by atoms with Gasteiger partial charge in [0, 0.05) is 11.8 Å². The second-order valence-corrected chi connectivity index (χ2v) is 5.14. The Morgan fingerprint density at radius 2 is 2.17 bits per heavy atom. The lowest BCUT2D eigenvalue weighted by molar-refractivity contribution is 0.0949. The van der Waals surface area contributed by atoms with Crippen LogP contribution in [0.15, 0.2) is 58.2 Å². The highest BCUT2D eigenvalue weighted by atomic mass is 19.1. The molecule has 0 aliphatic heterocycles. The van der Waals surface area contributed by atoms with Crippen LogP contribution in [-0.2, 0) is 6.54 Å². The van der Waals surface area contributed by atoms with Crippen molar-refractivity contribution in [3.63, 3.8) is 0 Å². The average Bonchev–Trinajstić information content (AvgIpc) is 3.19. The van der Waals surface area contributed by atoms with Crippen molar-refractivity contribution in [1.29, 1.82) is 0 Å². The first kappa shape index (κ1) is 15.7. The Hall–Kier alpha value is -3.22. The highest BCUT2D eigenvalue weighted by Gasteiger charge is 2.09. The molecule has 0 fully saturated rings. The van der Waals surface area contributed by atoms with Crippen LogP contribution in [0.1, 0.15) is 27.6 Å². The Kier molecular flexibility index (Phi) is 4.51. The van der Waals surface area contributed by atoms with E-state index in [-0.39, 0.29) is 18.1 Å². The zero-order chi connectivity index (χ0) is 16.9. The number of benzene rings is 1. The summed E-state index contributed by atoms with van der Waals surface area (Å²) in [5.74, 6) is 0.534. The molecule has 0 saturated carbocycles. The van der Waals surface area contributed by atoms with Gasteiger partial charge in [0.15, 0.2) is 5.69 Å². The zero-order valence-corrected chi connectivity index (χ0v) is 12.9. The van der Waals surface area contributed by atoms with Crippen LogP contribution in [0.4, 0.5) is 4.39 Å². The molecule has 1 N–H and O–H groups in total. The fourth-order valence-corrected chi connectivity index (χ4v) is 2.11. The summed E-state index contributed by atoms with van der Waals surface area (Å²) in [6, 6.07) is 11.5. The Labute approximate surface area is 137 Å². The minimum Gasteiger partial charge on any atom is -0.460 e. The molecule has 2 aromatic heterocycles. The van der Waals surface area contributed by atoms with Gasteiger partial charge in [-0.15, -0.1) is 0 Å². The van der Waals surface area contributed by atoms with Crippen molar-refractivity contribution in [3.05, 3.63) is 77.3 Å². The smallest absolute Gasteiger partial charge is 0.291 e. The first-order valence-corrected chi connectivity index (χ1v) is 7.28. The highest BCUT2D eigenvalue weighted by molar-refractivity contribution is 5.92. The van der Waals surface area contributed by atoms with Crippen LogP contribution in [-0.4, -0.2) is 21.9 Å². The molecule has 0 bridgehead atoms. The molecule has 0 unspecified atom stereocenters. The van der Waals surface area contributed by atoms with Crippen LogP contribution in [0, 0.1) is 12.7 Å². The van der Waals surface area contributed by atoms with Crippen LogP contribution >= 0.6 is 0 Å². The van der Waals surface area contributed by atoms with E-state index in [0.29, 0.717) is 11.3 Å². The molecular weight excluding hydrogens is 311 g/mol. The first-order chi connectivity index (χ1) is 11.6. The third kappa shape index (κ3) is 3.75. The van der Waals surface area contributed by atoms with E-state index in [1.165, 1.54) is 17.0 Å². The van der Waals surface area contributed by atoms with Crippen molar-refractivity contribution in [1.82, 2.24) is 15.2 Å². The van der Waals surface area contributed by atoms with Gasteiger partial charge in [-0.3, -0.25) is 9.48 Å². The highest BCUT2D eigenvalue weighted by Crippen LogP contribution is 2.08. The number of halogens is 1. The summed E-state index contributed by atoms with van der Waals surface area (Å²) in [5, 5.41) is 7.93. The van der Waals surface area contributed by atoms with Crippen molar-refractivity contribution in [2.75, 3.05) is 0 Å². The van der Waals surface area contributed by atoms with Gasteiger partial charge in [0.1, 0.15) is 17.3 Å². The Morgan fingerprint density at radius 1 is 1.33 bits per heavy atom. The second kappa shape index (κ2) is 6.91. The van der Waals surface area contributed by atoms with Crippen molar-refractivity contribution in [3.8, 4) is 0 Å². The molecule has 1 aromatic carbocycles. The predicted octanol–water partition coefficient (Wildman–Crippen LogP) is 2.74. The normalized spacial score (nSPS) is 11.1. The number of carbonyl (C=O) groups excluding carboxylic acids is 1. The largest absolute Gasteiger partial charge is 0.460 e. The molecule has 2 heterocycles. The summed E-state index contributed by atoms with van der Waals surface area (Å²) in [6.45, 7) is 2.06. The summed E-state index contributed by atoms with van der Waals surface area (Å²) in [7, 11) is 0. The molecule has 0 aliphatic carbocycles. The van der Waals surface area contributed by atoms with E-state index < -0.39 is 5.91 Å². The lowest BCUT2D eigenvalue weighted by Crippen LogP contribution is -2.18. The van der Waals surface area contributed by atoms with E-state index in [9.17, 15) is 9.18 Å². The third-order valence-electron chi connectivity index (χ3n) is 3.28. The topological polar surface area (TPSA) is 72.4 Å². The minimum atomic E-state index is -0.457. The molecule has 0 aliphatic rings. The maximum atomic E-state index is 13.6. The quantitative estimate of drug-likeness (QED) is 0.579. The lowest BCUT2D eigenvalue weighted by Gasteiger charge is -2.02. The summed E-state index contributed by atoms with van der Waals surface area (Å²) < 4.78 is 20.4. The summed E-state index contributed by atoms with van der Waals surface area (Å²) in [5.41, 5.74) is 3.06. The maximum Gasteiger partial charge on any atom is 0.291 e. The van der Waals surface area contributed by atoms with E-state index in [2.05, 4.69) is 15.6 Å². The molecule has 0 saturated heterocycles. The fourth-order valence-electron chi connectivity index (χ4n) is 2.11. The van der Waals surface area contributed by atoms with Crippen molar-refractivity contribution >= 4 is 12.1 Å². The van der Waals surface area contributed by atoms with Gasteiger partial charge >= 0.3 is 0 Å². The third-order valence-corrected chi connectivity index (χ3v) is 3.28. The summed E-state index contributed by atoms with van der Waals surface area (Å²) in [6.07, 6.45) is 3.02. The fraction of sp³-hybridized carbons (Fsp3) is 0.118. The van der Waals surface area contributed by atoms with Gasteiger partial charge in [-0.2, -0.15) is 10.2 Å². The Bertz CT molecular complexity index is 882. The number of hydrazone groups is 1. The monoisotopic (exact) mass is 326 g/mol. The number of carbonyl (C=O) groups is 1. The molecule has 24 heavy (non-hydrogen) atoms. The molecule has 3 aromatic rings. The average molecular weight is 326 g/mol. The van der Waals surface area contributed by atoms with Gasteiger partial charge in [0.2, 0.25) is 0 Å². The number of nitrogens with zero attached hydrogens (tertiary/aromatic N) is 3. The Morgan fingerprint density at radius 3 is 2.92 bits per heavy atom. The molecule has 6 nitrogen and oxygen atoms in total. The number of furan rings is 1. The summed E-state index contributed by atoms with van der Waals surface area (Å²) >= 11 is 0. The van der Waals surface area contributed by atoms with Gasteiger partial charge < -0.3 is 4.42 Å². The van der Waals surface area contributed by atoms with Crippen molar-refractivity contribution in [2.45, 2.75) is 13.5 Å². The van der Waals surface area contributed by atoms with Crippen LogP contribution in [0.3, 0.4) is 0 Å². The first-order valence-electron chi connectivity index (χ1n) is 7.28. The van der Waals surface area contributed by atoms with E-state index in [4.69, 9.17) is 4.42 Å². The molecular formula is C17H15FN4O2. The second-order valence-electron chi connectivity index (χ2n) is 5.14. The van der Waals surface area contributed by atoms with E-state index in [0.717, 1.165) is 5.76 Å². The predicted molar refractivity (Wildman–Crippen MR) is 86.2 cm³/mol. The maximum absolute atomic E-state index is 13.6. The van der Waals surface area contributed by atoms with Gasteiger partial charge in [-0.05, 0) is 31.2 Å². The van der Waals surface area contributed by atoms with Gasteiger partial charge in [-0.25, -0.2) is 9.82 Å². The van der Waals surface area contributed by atoms with E-state index in [1.54, 1.807) is 42.6 Å². The van der Waals surface area contributed by atoms with Crippen molar-refractivity contribution in [2.24, 2.45) is 5.10 Å². The Balaban J connectivity index is 1.61. The molecule has 1 amide bonds. The van der Waals surface area contributed by atoms with Crippen LogP contribution < -0.4 is 5.43 Å². The number of aryl methyl sites for hydroxylation is 1. The molecule has 3 rings (SSSR count). The molecule has 7 heteroatoms. The molecule has 0 spiro atoms. The van der Waals surface area contributed by atoms with Gasteiger partial charge in [0.05, 0.1) is 12.8 Å². The van der Waals surface area contributed by atoms with E-state index in [1.807, 2.05) is 6.92 Å². The van der Waals surface area contributed by atoms with E-state index >= 15 is 0 Å². The van der Waals surface area contributed by atoms with Crippen LogP contribution in [0.2, 0.25) is 0 Å².